The molecule has 0 radical (unpaired) electrons. The molecule has 3 unspecified atom stereocenters. The maximum absolute atomic E-state index is 12.2. The molecule has 0 aliphatic heterocycles. The summed E-state index contributed by atoms with van der Waals surface area (Å²) < 4.78 is 21.5. The molecule has 47 heavy (non-hydrogen) atoms. The van der Waals surface area contributed by atoms with Crippen molar-refractivity contribution in [3.63, 3.8) is 0 Å². The van der Waals surface area contributed by atoms with E-state index in [1.54, 1.807) is 7.05 Å². The molecule has 0 fully saturated rings. The Morgan fingerprint density at radius 3 is 2.13 bits per heavy atom. The van der Waals surface area contributed by atoms with E-state index in [1.807, 2.05) is 13.8 Å². The third-order valence-corrected chi connectivity index (χ3v) is 14.1. The highest BCUT2D eigenvalue weighted by Gasteiger charge is 2.29. The molecule has 0 saturated heterocycles. The third kappa shape index (κ3) is 34.8. The number of urea groups is 1. The largest absolute Gasteiger partial charge is 0.465 e. The van der Waals surface area contributed by atoms with Crippen molar-refractivity contribution in [1.82, 2.24) is 21.3 Å². The summed E-state index contributed by atoms with van der Waals surface area (Å²) >= 11 is 4.87. The van der Waals surface area contributed by atoms with Crippen LogP contribution in [0.15, 0.2) is 0 Å². The lowest BCUT2D eigenvalue weighted by atomic mass is 10.1. The van der Waals surface area contributed by atoms with Gasteiger partial charge in [0.1, 0.15) is 0 Å². The standard InChI is InChI=1S/C20H45N3O4Si2.C12H25NO3S2/c1-16(15-22-17(2)11-12-18(3)23-20(25)21-4)19(24)26-13-10-14-29(8,9)27-28(5,6)7;1-2-3-4-5-6-7-13-12(14)18-11-10-15-8-9-16-17/h16-18,22H,10-15H2,1-9H3,(H2,21,23,25);17H,2-11H2,1H3,(H,13,14). The molecule has 0 aromatic heterocycles. The number of nitrogens with one attached hydrogen (secondary N) is 4. The number of amides is 3. The molecule has 0 saturated carbocycles. The van der Waals surface area contributed by atoms with E-state index in [1.165, 1.54) is 37.4 Å². The summed E-state index contributed by atoms with van der Waals surface area (Å²) in [7, 11) is -1.58. The highest BCUT2D eigenvalue weighted by atomic mass is 32.2. The van der Waals surface area contributed by atoms with E-state index < -0.39 is 16.6 Å². The van der Waals surface area contributed by atoms with Crippen LogP contribution in [0.2, 0.25) is 38.8 Å². The highest BCUT2D eigenvalue weighted by molar-refractivity contribution is 8.13. The first kappa shape index (κ1) is 48.3. The van der Waals surface area contributed by atoms with Gasteiger partial charge in [-0.15, -0.1) is 0 Å². The molecule has 280 valence electrons. The number of ether oxygens (including phenoxy) is 2. The van der Waals surface area contributed by atoms with Gasteiger partial charge < -0.3 is 39.0 Å². The summed E-state index contributed by atoms with van der Waals surface area (Å²) in [5, 5.41) is 11.7. The van der Waals surface area contributed by atoms with Gasteiger partial charge in [0.2, 0.25) is 0 Å². The van der Waals surface area contributed by atoms with Gasteiger partial charge >= 0.3 is 12.0 Å². The van der Waals surface area contributed by atoms with Crippen molar-refractivity contribution in [1.29, 1.82) is 0 Å². The van der Waals surface area contributed by atoms with E-state index in [9.17, 15) is 14.4 Å². The maximum Gasteiger partial charge on any atom is 0.314 e. The number of thiol groups is 1. The lowest BCUT2D eigenvalue weighted by Crippen LogP contribution is -2.42. The normalized spacial score (nSPS) is 13.5. The second-order valence-corrected chi connectivity index (χ2v) is 24.0. The second-order valence-electron chi connectivity index (χ2n) is 13.6. The molecule has 0 heterocycles. The smallest absolute Gasteiger partial charge is 0.314 e. The molecule has 0 rings (SSSR count). The minimum atomic E-state index is -1.67. The average Bonchev–Trinajstić information content (AvgIpc) is 2.99. The van der Waals surface area contributed by atoms with Gasteiger partial charge in [0, 0.05) is 38.0 Å². The predicted molar refractivity (Wildman–Crippen MR) is 206 cm³/mol. The summed E-state index contributed by atoms with van der Waals surface area (Å²) in [6.07, 6.45) is 8.73. The van der Waals surface area contributed by atoms with Crippen molar-refractivity contribution in [2.45, 2.75) is 130 Å². The molecule has 0 aromatic carbocycles. The SMILES string of the molecule is CCCCCCCNC(=O)SCCOCCOS.CNC(=O)NC(C)CCC(C)NCC(C)C(=O)OCCC[Si](C)(C)O[Si](C)(C)C. The van der Waals surface area contributed by atoms with E-state index in [-0.39, 0.29) is 35.2 Å². The minimum absolute atomic E-state index is 0.0412. The van der Waals surface area contributed by atoms with E-state index in [0.29, 0.717) is 38.7 Å². The van der Waals surface area contributed by atoms with Gasteiger partial charge in [-0.05, 0) is 91.2 Å². The van der Waals surface area contributed by atoms with Crippen LogP contribution in [0.3, 0.4) is 0 Å². The first-order valence-corrected chi connectivity index (χ1v) is 25.3. The van der Waals surface area contributed by atoms with Crippen LogP contribution < -0.4 is 21.3 Å². The van der Waals surface area contributed by atoms with Gasteiger partial charge in [0.15, 0.2) is 16.6 Å². The molecule has 0 bridgehead atoms. The second kappa shape index (κ2) is 30.0. The number of hydrogen-bond donors (Lipinski definition) is 5. The van der Waals surface area contributed by atoms with Crippen molar-refractivity contribution < 1.29 is 32.2 Å². The van der Waals surface area contributed by atoms with Crippen LogP contribution in [-0.4, -0.2) is 98.3 Å². The van der Waals surface area contributed by atoms with Gasteiger partial charge in [0.05, 0.1) is 32.3 Å². The summed E-state index contributed by atoms with van der Waals surface area (Å²) in [6.45, 7) is 22.7. The number of carbonyl (C=O) groups is 3. The van der Waals surface area contributed by atoms with Gasteiger partial charge in [-0.2, -0.15) is 0 Å². The molecule has 15 heteroatoms. The minimum Gasteiger partial charge on any atom is -0.465 e. The fourth-order valence-electron chi connectivity index (χ4n) is 4.49. The van der Waals surface area contributed by atoms with Crippen LogP contribution in [0.25, 0.3) is 0 Å². The zero-order valence-electron chi connectivity index (χ0n) is 31.3. The summed E-state index contributed by atoms with van der Waals surface area (Å²) in [6, 6.07) is 1.23. The number of hydrogen-bond acceptors (Lipinski definition) is 10. The Morgan fingerprint density at radius 2 is 1.51 bits per heavy atom. The molecule has 0 spiro atoms. The number of rotatable bonds is 26. The Hall–Kier alpha value is -0.816. The number of esters is 1. The molecule has 0 aliphatic rings. The Kier molecular flexibility index (Phi) is 30.9. The lowest BCUT2D eigenvalue weighted by Gasteiger charge is -2.31. The molecular formula is C32H70N4O7S2Si2. The first-order chi connectivity index (χ1) is 22.1. The van der Waals surface area contributed by atoms with Gasteiger partial charge in [-0.3, -0.25) is 9.59 Å². The Bertz CT molecular complexity index is 794. The number of thioether (sulfide) groups is 1. The quantitative estimate of drug-likeness (QED) is 0.0209. The van der Waals surface area contributed by atoms with Crippen LogP contribution in [0.4, 0.5) is 9.59 Å². The van der Waals surface area contributed by atoms with Crippen LogP contribution >= 0.6 is 24.7 Å². The van der Waals surface area contributed by atoms with Crippen molar-refractivity contribution in [2.75, 3.05) is 52.3 Å². The fourth-order valence-corrected chi connectivity index (χ4v) is 13.2. The van der Waals surface area contributed by atoms with Crippen LogP contribution in [-0.2, 0) is 22.6 Å². The zero-order chi connectivity index (χ0) is 36.1. The number of carbonyl (C=O) groups excluding carboxylic acids is 3. The maximum atomic E-state index is 12.2. The lowest BCUT2D eigenvalue weighted by molar-refractivity contribution is -0.147. The Morgan fingerprint density at radius 1 is 0.851 bits per heavy atom. The fraction of sp³-hybridized carbons (Fsp3) is 0.906. The van der Waals surface area contributed by atoms with Crippen molar-refractivity contribution in [2.24, 2.45) is 5.92 Å². The van der Waals surface area contributed by atoms with Crippen molar-refractivity contribution >= 4 is 58.5 Å². The Balaban J connectivity index is 0. The van der Waals surface area contributed by atoms with E-state index in [2.05, 4.69) is 84.9 Å². The van der Waals surface area contributed by atoms with Gasteiger partial charge in [-0.25, -0.2) is 4.79 Å². The van der Waals surface area contributed by atoms with E-state index in [4.69, 9.17) is 13.6 Å². The third-order valence-electron chi connectivity index (χ3n) is 6.89. The van der Waals surface area contributed by atoms with Crippen molar-refractivity contribution in [3.05, 3.63) is 0 Å². The summed E-state index contributed by atoms with van der Waals surface area (Å²) in [5.74, 6) is 0.348. The topological polar surface area (TPSA) is 136 Å². The van der Waals surface area contributed by atoms with Gasteiger partial charge in [0.25, 0.3) is 5.24 Å². The van der Waals surface area contributed by atoms with Crippen LogP contribution in [0, 0.1) is 5.92 Å². The molecule has 3 amide bonds. The predicted octanol–water partition coefficient (Wildman–Crippen LogP) is 6.97. The molecule has 4 N–H and O–H groups in total. The Labute approximate surface area is 299 Å². The molecule has 3 atom stereocenters. The average molecular weight is 743 g/mol. The van der Waals surface area contributed by atoms with Gasteiger partial charge in [-0.1, -0.05) is 51.3 Å². The molecule has 11 nitrogen and oxygen atoms in total. The van der Waals surface area contributed by atoms with Crippen LogP contribution in [0.1, 0.15) is 79.1 Å². The molecular weight excluding hydrogens is 673 g/mol. The van der Waals surface area contributed by atoms with E-state index in [0.717, 1.165) is 38.3 Å². The first-order valence-electron chi connectivity index (χ1n) is 17.4. The van der Waals surface area contributed by atoms with Crippen LogP contribution in [0.5, 0.6) is 0 Å². The highest BCUT2D eigenvalue weighted by Crippen LogP contribution is 2.20. The monoisotopic (exact) mass is 742 g/mol. The summed E-state index contributed by atoms with van der Waals surface area (Å²) in [4.78, 5) is 34.9. The number of unbranched alkanes of at least 4 members (excludes halogenated alkanes) is 4. The summed E-state index contributed by atoms with van der Waals surface area (Å²) in [5.41, 5.74) is 0. The molecule has 0 aromatic rings. The van der Waals surface area contributed by atoms with Crippen molar-refractivity contribution in [3.8, 4) is 0 Å². The zero-order valence-corrected chi connectivity index (χ0v) is 35.0. The van der Waals surface area contributed by atoms with E-state index >= 15 is 0 Å². The molecule has 0 aliphatic carbocycles.